The number of carbonyl (C=O) groups is 1. The SMILES string of the molecule is CCc1occc1C(=O)NC(CO)Cc1ccccc1. The predicted octanol–water partition coefficient (Wildman–Crippen LogP) is 2.18. The molecule has 0 aliphatic heterocycles. The lowest BCUT2D eigenvalue weighted by Gasteiger charge is -2.16. The number of aliphatic hydroxyl groups is 1. The van der Waals surface area contributed by atoms with E-state index < -0.39 is 0 Å². The van der Waals surface area contributed by atoms with Crippen LogP contribution in [0.25, 0.3) is 0 Å². The molecule has 0 bridgehead atoms. The van der Waals surface area contributed by atoms with Gasteiger partial charge in [0, 0.05) is 6.42 Å². The van der Waals surface area contributed by atoms with Crippen molar-refractivity contribution in [1.29, 1.82) is 0 Å². The minimum absolute atomic E-state index is 0.0973. The lowest BCUT2D eigenvalue weighted by molar-refractivity contribution is 0.0914. The van der Waals surface area contributed by atoms with Crippen LogP contribution >= 0.6 is 0 Å². The van der Waals surface area contributed by atoms with Crippen LogP contribution in [0.3, 0.4) is 0 Å². The van der Waals surface area contributed by atoms with E-state index in [4.69, 9.17) is 4.42 Å². The largest absolute Gasteiger partial charge is 0.469 e. The highest BCUT2D eigenvalue weighted by molar-refractivity contribution is 5.95. The molecule has 1 amide bonds. The topological polar surface area (TPSA) is 62.5 Å². The monoisotopic (exact) mass is 273 g/mol. The zero-order valence-electron chi connectivity index (χ0n) is 11.5. The third-order valence-corrected chi connectivity index (χ3v) is 3.19. The van der Waals surface area contributed by atoms with Gasteiger partial charge in [-0.15, -0.1) is 0 Å². The van der Waals surface area contributed by atoms with Crippen LogP contribution in [0, 0.1) is 0 Å². The van der Waals surface area contributed by atoms with Gasteiger partial charge in [0.25, 0.3) is 5.91 Å². The third kappa shape index (κ3) is 3.48. The van der Waals surface area contributed by atoms with Crippen molar-refractivity contribution in [3.63, 3.8) is 0 Å². The van der Waals surface area contributed by atoms with Crippen LogP contribution in [0.5, 0.6) is 0 Å². The second-order valence-electron chi connectivity index (χ2n) is 4.65. The fourth-order valence-electron chi connectivity index (χ4n) is 2.14. The Hall–Kier alpha value is -2.07. The van der Waals surface area contributed by atoms with Crippen LogP contribution in [-0.2, 0) is 12.8 Å². The molecule has 1 atom stereocenters. The first-order chi connectivity index (χ1) is 9.74. The van der Waals surface area contributed by atoms with Gasteiger partial charge in [-0.1, -0.05) is 37.3 Å². The molecule has 2 rings (SSSR count). The van der Waals surface area contributed by atoms with E-state index in [1.807, 2.05) is 37.3 Å². The quantitative estimate of drug-likeness (QED) is 0.848. The lowest BCUT2D eigenvalue weighted by atomic mass is 10.1. The Kier molecular flexibility index (Phi) is 4.96. The number of hydrogen-bond acceptors (Lipinski definition) is 3. The lowest BCUT2D eigenvalue weighted by Crippen LogP contribution is -2.39. The number of furan rings is 1. The molecule has 2 N–H and O–H groups in total. The van der Waals surface area contributed by atoms with Gasteiger partial charge < -0.3 is 14.8 Å². The molecule has 0 fully saturated rings. The maximum atomic E-state index is 12.2. The van der Waals surface area contributed by atoms with Crippen molar-refractivity contribution >= 4 is 5.91 Å². The van der Waals surface area contributed by atoms with Crippen molar-refractivity contribution in [3.05, 3.63) is 59.5 Å². The number of aryl methyl sites for hydroxylation is 1. The van der Waals surface area contributed by atoms with Crippen molar-refractivity contribution in [2.24, 2.45) is 0 Å². The van der Waals surface area contributed by atoms with Gasteiger partial charge in [-0.3, -0.25) is 4.79 Å². The Bertz CT molecular complexity index is 548. The first-order valence-corrected chi connectivity index (χ1v) is 6.76. The van der Waals surface area contributed by atoms with Crippen molar-refractivity contribution in [1.82, 2.24) is 5.32 Å². The Labute approximate surface area is 118 Å². The zero-order valence-corrected chi connectivity index (χ0v) is 11.5. The van der Waals surface area contributed by atoms with Gasteiger partial charge in [0.1, 0.15) is 5.76 Å². The maximum Gasteiger partial charge on any atom is 0.255 e. The van der Waals surface area contributed by atoms with E-state index in [9.17, 15) is 9.90 Å². The van der Waals surface area contributed by atoms with Crippen LogP contribution in [0.1, 0.15) is 28.6 Å². The van der Waals surface area contributed by atoms with Crippen molar-refractivity contribution in [3.8, 4) is 0 Å². The van der Waals surface area contributed by atoms with Gasteiger partial charge in [0.15, 0.2) is 0 Å². The molecule has 106 valence electrons. The highest BCUT2D eigenvalue weighted by Crippen LogP contribution is 2.12. The first-order valence-electron chi connectivity index (χ1n) is 6.76. The summed E-state index contributed by atoms with van der Waals surface area (Å²) in [5.74, 6) is 0.462. The molecule has 0 aliphatic rings. The molecule has 2 aromatic rings. The van der Waals surface area contributed by atoms with Gasteiger partial charge in [-0.05, 0) is 18.1 Å². The van der Waals surface area contributed by atoms with Crippen LogP contribution < -0.4 is 5.32 Å². The molecule has 0 aliphatic carbocycles. The van der Waals surface area contributed by atoms with E-state index in [1.165, 1.54) is 6.26 Å². The highest BCUT2D eigenvalue weighted by atomic mass is 16.3. The fourth-order valence-corrected chi connectivity index (χ4v) is 2.14. The summed E-state index contributed by atoms with van der Waals surface area (Å²) in [6.45, 7) is 1.84. The molecule has 0 saturated heterocycles. The normalized spacial score (nSPS) is 12.1. The number of hydrogen-bond donors (Lipinski definition) is 2. The maximum absolute atomic E-state index is 12.2. The molecule has 4 nitrogen and oxygen atoms in total. The Morgan fingerprint density at radius 2 is 2.05 bits per heavy atom. The van der Waals surface area contributed by atoms with Gasteiger partial charge >= 0.3 is 0 Å². The Balaban J connectivity index is 2.01. The summed E-state index contributed by atoms with van der Waals surface area (Å²) in [4.78, 5) is 12.2. The summed E-state index contributed by atoms with van der Waals surface area (Å²) in [7, 11) is 0. The molecule has 0 radical (unpaired) electrons. The summed E-state index contributed by atoms with van der Waals surface area (Å²) in [5.41, 5.74) is 1.62. The second-order valence-corrected chi connectivity index (χ2v) is 4.65. The standard InChI is InChI=1S/C16H19NO3/c1-2-15-14(8-9-20-15)16(19)17-13(11-18)10-12-6-4-3-5-7-12/h3-9,13,18H,2,10-11H2,1H3,(H,17,19). The number of amides is 1. The molecule has 1 unspecified atom stereocenters. The van der Waals surface area contributed by atoms with Gasteiger partial charge in [0.2, 0.25) is 0 Å². The van der Waals surface area contributed by atoms with Crippen molar-refractivity contribution in [2.45, 2.75) is 25.8 Å². The van der Waals surface area contributed by atoms with E-state index in [1.54, 1.807) is 6.07 Å². The smallest absolute Gasteiger partial charge is 0.255 e. The predicted molar refractivity (Wildman–Crippen MR) is 76.6 cm³/mol. The molecular formula is C16H19NO3. The van der Waals surface area contributed by atoms with E-state index in [0.29, 0.717) is 24.2 Å². The molecule has 1 heterocycles. The van der Waals surface area contributed by atoms with Gasteiger partial charge in [0.05, 0.1) is 24.5 Å². The third-order valence-electron chi connectivity index (χ3n) is 3.19. The number of rotatable bonds is 6. The summed E-state index contributed by atoms with van der Waals surface area (Å²) in [6.07, 6.45) is 2.78. The van der Waals surface area contributed by atoms with Gasteiger partial charge in [-0.25, -0.2) is 0 Å². The molecular weight excluding hydrogens is 254 g/mol. The second kappa shape index (κ2) is 6.91. The van der Waals surface area contributed by atoms with E-state index in [0.717, 1.165) is 5.56 Å². The van der Waals surface area contributed by atoms with E-state index in [-0.39, 0.29) is 18.6 Å². The van der Waals surface area contributed by atoms with Crippen LogP contribution in [0.4, 0.5) is 0 Å². The number of aliphatic hydroxyl groups excluding tert-OH is 1. The Morgan fingerprint density at radius 1 is 1.30 bits per heavy atom. The highest BCUT2D eigenvalue weighted by Gasteiger charge is 2.17. The average molecular weight is 273 g/mol. The minimum atomic E-state index is -0.301. The minimum Gasteiger partial charge on any atom is -0.469 e. The van der Waals surface area contributed by atoms with Crippen LogP contribution in [0.2, 0.25) is 0 Å². The summed E-state index contributed by atoms with van der Waals surface area (Å²) in [5, 5.41) is 12.3. The zero-order chi connectivity index (χ0) is 14.4. The van der Waals surface area contributed by atoms with Crippen molar-refractivity contribution < 1.29 is 14.3 Å². The summed E-state index contributed by atoms with van der Waals surface area (Å²) >= 11 is 0. The molecule has 1 aromatic heterocycles. The molecule has 20 heavy (non-hydrogen) atoms. The van der Waals surface area contributed by atoms with Crippen LogP contribution in [0.15, 0.2) is 47.1 Å². The van der Waals surface area contributed by atoms with E-state index in [2.05, 4.69) is 5.32 Å². The average Bonchev–Trinajstić information content (AvgIpc) is 2.96. The number of nitrogens with one attached hydrogen (secondary N) is 1. The number of carbonyl (C=O) groups excluding carboxylic acids is 1. The molecule has 0 spiro atoms. The number of benzene rings is 1. The summed E-state index contributed by atoms with van der Waals surface area (Å²) in [6, 6.07) is 11.1. The van der Waals surface area contributed by atoms with Gasteiger partial charge in [-0.2, -0.15) is 0 Å². The molecule has 0 saturated carbocycles. The first kappa shape index (κ1) is 14.3. The molecule has 4 heteroatoms. The van der Waals surface area contributed by atoms with Crippen LogP contribution in [-0.4, -0.2) is 23.7 Å². The molecule has 1 aromatic carbocycles. The van der Waals surface area contributed by atoms with Crippen molar-refractivity contribution in [2.75, 3.05) is 6.61 Å². The Morgan fingerprint density at radius 3 is 2.70 bits per heavy atom. The van der Waals surface area contributed by atoms with E-state index >= 15 is 0 Å². The summed E-state index contributed by atoms with van der Waals surface area (Å²) < 4.78 is 5.25. The fraction of sp³-hybridized carbons (Fsp3) is 0.312.